The smallest absolute Gasteiger partial charge is 0.0594 e. The molecule has 2 aromatic carbocycles. The van der Waals surface area contributed by atoms with Gasteiger partial charge in [-0.05, 0) is 35.2 Å². The van der Waals surface area contributed by atoms with E-state index in [0.29, 0.717) is 0 Å². The lowest BCUT2D eigenvalue weighted by Gasteiger charge is -2.26. The summed E-state index contributed by atoms with van der Waals surface area (Å²) in [4.78, 5) is 2.44. The molecule has 1 aliphatic heterocycles. The fraction of sp³-hybridized carbons (Fsp3) is 0.333. The molecule has 3 heteroatoms. The van der Waals surface area contributed by atoms with Gasteiger partial charge in [-0.15, -0.1) is 0 Å². The van der Waals surface area contributed by atoms with Crippen LogP contribution in [-0.2, 0) is 17.7 Å². The van der Waals surface area contributed by atoms with Crippen LogP contribution in [0.5, 0.6) is 0 Å². The van der Waals surface area contributed by atoms with Gasteiger partial charge in [-0.3, -0.25) is 4.90 Å². The maximum absolute atomic E-state index is 6.03. The van der Waals surface area contributed by atoms with Gasteiger partial charge in [0.2, 0.25) is 0 Å². The van der Waals surface area contributed by atoms with Crippen LogP contribution >= 0.6 is 11.6 Å². The lowest BCUT2D eigenvalue weighted by atomic mass is 10.0. The topological polar surface area (TPSA) is 12.5 Å². The average Bonchev–Trinajstić information content (AvgIpc) is 2.50. The van der Waals surface area contributed by atoms with Crippen molar-refractivity contribution in [2.45, 2.75) is 13.0 Å². The van der Waals surface area contributed by atoms with E-state index < -0.39 is 0 Å². The summed E-state index contributed by atoms with van der Waals surface area (Å²) in [6.07, 6.45) is 0.929. The molecule has 1 saturated heterocycles. The van der Waals surface area contributed by atoms with Gasteiger partial charge in [0.05, 0.1) is 13.2 Å². The van der Waals surface area contributed by atoms with E-state index in [1.807, 2.05) is 18.2 Å². The minimum absolute atomic E-state index is 0.802. The molecule has 1 fully saturated rings. The normalized spacial score (nSPS) is 16.0. The molecule has 0 aromatic heterocycles. The van der Waals surface area contributed by atoms with E-state index in [-0.39, 0.29) is 0 Å². The van der Waals surface area contributed by atoms with Gasteiger partial charge < -0.3 is 4.74 Å². The zero-order valence-corrected chi connectivity index (χ0v) is 12.9. The number of rotatable bonds is 4. The van der Waals surface area contributed by atoms with Crippen LogP contribution < -0.4 is 0 Å². The first-order chi connectivity index (χ1) is 10.3. The molecule has 0 atom stereocenters. The Balaban J connectivity index is 1.61. The molecule has 0 unspecified atom stereocenters. The van der Waals surface area contributed by atoms with Crippen LogP contribution in [-0.4, -0.2) is 31.2 Å². The fourth-order valence-electron chi connectivity index (χ4n) is 2.66. The number of hydrogen-bond donors (Lipinski definition) is 0. The predicted molar refractivity (Wildman–Crippen MR) is 86.8 cm³/mol. The Morgan fingerprint density at radius 1 is 0.905 bits per heavy atom. The van der Waals surface area contributed by atoms with Crippen LogP contribution in [0.1, 0.15) is 16.7 Å². The molecule has 0 radical (unpaired) electrons. The van der Waals surface area contributed by atoms with E-state index >= 15 is 0 Å². The third-order valence-electron chi connectivity index (χ3n) is 3.83. The third kappa shape index (κ3) is 4.31. The Morgan fingerprint density at radius 3 is 2.33 bits per heavy atom. The second-order valence-electron chi connectivity index (χ2n) is 5.51. The maximum atomic E-state index is 6.03. The molecule has 1 heterocycles. The predicted octanol–water partition coefficient (Wildman–Crippen LogP) is 3.76. The third-order valence-corrected chi connectivity index (χ3v) is 4.07. The van der Waals surface area contributed by atoms with Crippen LogP contribution in [0.15, 0.2) is 48.5 Å². The molecular weight excluding hydrogens is 282 g/mol. The van der Waals surface area contributed by atoms with Crippen LogP contribution in [0, 0.1) is 0 Å². The zero-order valence-electron chi connectivity index (χ0n) is 12.1. The highest BCUT2D eigenvalue weighted by Crippen LogP contribution is 2.16. The number of morpholine rings is 1. The lowest BCUT2D eigenvalue weighted by molar-refractivity contribution is 0.0342. The summed E-state index contributed by atoms with van der Waals surface area (Å²) in [5.74, 6) is 0. The summed E-state index contributed by atoms with van der Waals surface area (Å²) < 4.78 is 5.38. The summed E-state index contributed by atoms with van der Waals surface area (Å²) in [5.41, 5.74) is 3.94. The van der Waals surface area contributed by atoms with E-state index in [4.69, 9.17) is 16.3 Å². The van der Waals surface area contributed by atoms with Crippen molar-refractivity contribution in [3.05, 3.63) is 70.2 Å². The average molecular weight is 302 g/mol. The number of ether oxygens (including phenoxy) is 1. The second kappa shape index (κ2) is 7.08. The van der Waals surface area contributed by atoms with Crippen molar-refractivity contribution in [2.75, 3.05) is 26.3 Å². The molecule has 110 valence electrons. The Morgan fingerprint density at radius 2 is 1.62 bits per heavy atom. The molecular formula is C18H20ClNO. The molecule has 0 N–H and O–H groups in total. The van der Waals surface area contributed by atoms with Gasteiger partial charge in [0.1, 0.15) is 0 Å². The van der Waals surface area contributed by atoms with E-state index in [1.165, 1.54) is 16.7 Å². The molecule has 2 aromatic rings. The molecule has 21 heavy (non-hydrogen) atoms. The van der Waals surface area contributed by atoms with Crippen molar-refractivity contribution in [3.8, 4) is 0 Å². The fourth-order valence-corrected chi connectivity index (χ4v) is 2.88. The second-order valence-corrected chi connectivity index (χ2v) is 5.95. The van der Waals surface area contributed by atoms with E-state index in [9.17, 15) is 0 Å². The highest BCUT2D eigenvalue weighted by Gasteiger charge is 2.10. The molecule has 0 saturated carbocycles. The Bertz CT molecular complexity index is 576. The first-order valence-corrected chi connectivity index (χ1v) is 7.80. The van der Waals surface area contributed by atoms with Crippen molar-refractivity contribution in [3.63, 3.8) is 0 Å². The summed E-state index contributed by atoms with van der Waals surface area (Å²) in [5, 5.41) is 0.802. The van der Waals surface area contributed by atoms with Crippen LogP contribution in [0.2, 0.25) is 5.02 Å². The van der Waals surface area contributed by atoms with Gasteiger partial charge in [-0.25, -0.2) is 0 Å². The SMILES string of the molecule is Clc1cccc(Cc2ccc(CN3CCOCC3)cc2)c1. The number of halogens is 1. The Hall–Kier alpha value is -1.35. The summed E-state index contributed by atoms with van der Waals surface area (Å²) >= 11 is 6.03. The molecule has 2 nitrogen and oxygen atoms in total. The zero-order chi connectivity index (χ0) is 14.5. The quantitative estimate of drug-likeness (QED) is 0.852. The van der Waals surface area contributed by atoms with Crippen LogP contribution in [0.4, 0.5) is 0 Å². The first-order valence-electron chi connectivity index (χ1n) is 7.42. The molecule has 1 aliphatic rings. The van der Waals surface area contributed by atoms with Gasteiger partial charge in [0.25, 0.3) is 0 Å². The van der Waals surface area contributed by atoms with E-state index in [2.05, 4.69) is 35.2 Å². The van der Waals surface area contributed by atoms with Gasteiger partial charge in [0.15, 0.2) is 0 Å². The molecule has 0 bridgehead atoms. The number of nitrogens with zero attached hydrogens (tertiary/aromatic N) is 1. The molecule has 0 aliphatic carbocycles. The highest BCUT2D eigenvalue weighted by molar-refractivity contribution is 6.30. The molecule has 3 rings (SSSR count). The maximum Gasteiger partial charge on any atom is 0.0594 e. The van der Waals surface area contributed by atoms with Crippen LogP contribution in [0.3, 0.4) is 0 Å². The first kappa shape index (κ1) is 14.6. The number of benzene rings is 2. The van der Waals surface area contributed by atoms with Gasteiger partial charge in [-0.1, -0.05) is 48.0 Å². The molecule has 0 amide bonds. The standard InChI is InChI=1S/C18H20ClNO/c19-18-3-1-2-17(13-18)12-15-4-6-16(7-5-15)14-20-8-10-21-11-9-20/h1-7,13H,8-12,14H2. The van der Waals surface area contributed by atoms with Gasteiger partial charge in [0, 0.05) is 24.7 Å². The lowest BCUT2D eigenvalue weighted by Crippen LogP contribution is -2.35. The summed E-state index contributed by atoms with van der Waals surface area (Å²) in [7, 11) is 0. The summed E-state index contributed by atoms with van der Waals surface area (Å²) in [6, 6.07) is 17.0. The monoisotopic (exact) mass is 301 g/mol. The largest absolute Gasteiger partial charge is 0.379 e. The number of hydrogen-bond acceptors (Lipinski definition) is 2. The van der Waals surface area contributed by atoms with Crippen molar-refractivity contribution in [2.24, 2.45) is 0 Å². The van der Waals surface area contributed by atoms with E-state index in [0.717, 1.165) is 44.3 Å². The van der Waals surface area contributed by atoms with Gasteiger partial charge >= 0.3 is 0 Å². The minimum atomic E-state index is 0.802. The summed E-state index contributed by atoms with van der Waals surface area (Å²) in [6.45, 7) is 4.79. The van der Waals surface area contributed by atoms with Crippen molar-refractivity contribution < 1.29 is 4.74 Å². The highest BCUT2D eigenvalue weighted by atomic mass is 35.5. The minimum Gasteiger partial charge on any atom is -0.379 e. The van der Waals surface area contributed by atoms with Crippen molar-refractivity contribution >= 4 is 11.6 Å². The van der Waals surface area contributed by atoms with Gasteiger partial charge in [-0.2, -0.15) is 0 Å². The molecule has 0 spiro atoms. The van der Waals surface area contributed by atoms with Crippen molar-refractivity contribution in [1.82, 2.24) is 4.90 Å². The van der Waals surface area contributed by atoms with E-state index in [1.54, 1.807) is 0 Å². The Kier molecular flexibility index (Phi) is 4.91. The van der Waals surface area contributed by atoms with Crippen LogP contribution in [0.25, 0.3) is 0 Å². The Labute approximate surface area is 131 Å². The van der Waals surface area contributed by atoms with Crippen molar-refractivity contribution in [1.29, 1.82) is 0 Å².